The number of carbonyl (C=O) groups excluding carboxylic acids is 2. The minimum absolute atomic E-state index is 0.0544. The number of halogens is 6. The fraction of sp³-hybridized carbons (Fsp3) is 0.472. The van der Waals surface area contributed by atoms with E-state index in [4.69, 9.17) is 23.4 Å². The van der Waals surface area contributed by atoms with Crippen molar-refractivity contribution in [1.29, 1.82) is 0 Å². The Labute approximate surface area is 303 Å². The van der Waals surface area contributed by atoms with E-state index < -0.39 is 95.1 Å². The van der Waals surface area contributed by atoms with Crippen molar-refractivity contribution in [3.05, 3.63) is 78.7 Å². The number of aromatic nitrogens is 3. The van der Waals surface area contributed by atoms with Crippen LogP contribution in [-0.2, 0) is 32.6 Å². The summed E-state index contributed by atoms with van der Waals surface area (Å²) in [5.41, 5.74) is -8.89. The third-order valence-electron chi connectivity index (χ3n) is 6.94. The van der Waals surface area contributed by atoms with Crippen LogP contribution in [0.15, 0.2) is 66.1 Å². The van der Waals surface area contributed by atoms with Crippen LogP contribution in [0.4, 0.5) is 41.6 Å². The number of hydrogen-bond donors (Lipinski definition) is 0. The molecule has 0 radical (unpaired) electrons. The van der Waals surface area contributed by atoms with Crippen LogP contribution in [0.25, 0.3) is 11.6 Å². The Hall–Kier alpha value is -4.93. The Balaban J connectivity index is 2.42. The molecule has 2 heterocycles. The standard InChI is InChI=1S/C36H42F6N4O7/c1-10-12-19-34(36(40,41)42,49-21-23-17-14-13-15-18-23)29-45-44-28(51-29)26-25(20-24(35(37,38)39)27(43-26)50-22(3)16-11-2)46(30(47)52-32(4,5)6)31(48)53-33(7,8)9/h10-11,13-15,17-18,20,22H,1-2,12,16,19,21H2,3-9H3/t22-,34-/m1/s1. The van der Waals surface area contributed by atoms with Gasteiger partial charge in [0.25, 0.3) is 11.8 Å². The molecule has 3 rings (SSSR count). The maximum Gasteiger partial charge on any atom is 0.426 e. The number of pyridine rings is 1. The van der Waals surface area contributed by atoms with Crippen LogP contribution in [-0.4, -0.2) is 50.9 Å². The van der Waals surface area contributed by atoms with E-state index in [1.807, 2.05) is 0 Å². The summed E-state index contributed by atoms with van der Waals surface area (Å²) in [6.45, 7) is 16.4. The van der Waals surface area contributed by atoms with Gasteiger partial charge >= 0.3 is 24.5 Å². The van der Waals surface area contributed by atoms with Crippen LogP contribution < -0.4 is 9.64 Å². The van der Waals surface area contributed by atoms with Crippen molar-refractivity contribution in [3.8, 4) is 17.5 Å². The number of nitrogens with zero attached hydrogens (tertiary/aromatic N) is 4. The van der Waals surface area contributed by atoms with Crippen LogP contribution in [0.1, 0.15) is 84.7 Å². The largest absolute Gasteiger partial charge is 0.474 e. The zero-order valence-electron chi connectivity index (χ0n) is 30.4. The Bertz CT molecular complexity index is 1720. The summed E-state index contributed by atoms with van der Waals surface area (Å²) in [5.74, 6) is -3.15. The minimum Gasteiger partial charge on any atom is -0.474 e. The quantitative estimate of drug-likeness (QED) is 0.123. The molecular weight excluding hydrogens is 714 g/mol. The number of amides is 2. The molecule has 17 heteroatoms. The van der Waals surface area contributed by atoms with E-state index in [2.05, 4.69) is 28.3 Å². The maximum atomic E-state index is 15.1. The van der Waals surface area contributed by atoms with E-state index in [1.165, 1.54) is 72.8 Å². The summed E-state index contributed by atoms with van der Waals surface area (Å²) in [6, 6.07) is 8.24. The molecule has 0 aliphatic rings. The normalized spacial score (nSPS) is 14.1. The van der Waals surface area contributed by atoms with Crippen LogP contribution in [0.2, 0.25) is 0 Å². The summed E-state index contributed by atoms with van der Waals surface area (Å²) >= 11 is 0. The van der Waals surface area contributed by atoms with Crippen molar-refractivity contribution in [1.82, 2.24) is 15.2 Å². The number of anilines is 1. The van der Waals surface area contributed by atoms with Crippen molar-refractivity contribution in [2.75, 3.05) is 4.90 Å². The van der Waals surface area contributed by atoms with Gasteiger partial charge in [0.05, 0.1) is 12.3 Å². The van der Waals surface area contributed by atoms with Gasteiger partial charge in [-0.1, -0.05) is 42.5 Å². The second-order valence-corrected chi connectivity index (χ2v) is 13.8. The number of alkyl halides is 6. The number of hydrogen-bond acceptors (Lipinski definition) is 10. The molecule has 0 N–H and O–H groups in total. The average Bonchev–Trinajstić information content (AvgIpc) is 3.50. The summed E-state index contributed by atoms with van der Waals surface area (Å²) in [5, 5.41) is 7.35. The first kappa shape index (κ1) is 42.5. The highest BCUT2D eigenvalue weighted by Gasteiger charge is 2.61. The Morgan fingerprint density at radius 1 is 0.906 bits per heavy atom. The lowest BCUT2D eigenvalue weighted by Crippen LogP contribution is -2.45. The van der Waals surface area contributed by atoms with E-state index in [1.54, 1.807) is 18.2 Å². The summed E-state index contributed by atoms with van der Waals surface area (Å²) in [6.07, 6.45) is -12.8. The van der Waals surface area contributed by atoms with Crippen LogP contribution in [0.5, 0.6) is 5.88 Å². The maximum absolute atomic E-state index is 15.1. The molecule has 2 amide bonds. The highest BCUT2D eigenvalue weighted by atomic mass is 19.4. The molecule has 0 aliphatic carbocycles. The first-order valence-electron chi connectivity index (χ1n) is 16.3. The van der Waals surface area contributed by atoms with E-state index in [9.17, 15) is 22.8 Å². The van der Waals surface area contributed by atoms with Crippen LogP contribution in [0.3, 0.4) is 0 Å². The molecule has 0 spiro atoms. The Morgan fingerprint density at radius 2 is 1.49 bits per heavy atom. The molecule has 53 heavy (non-hydrogen) atoms. The molecular formula is C36H42F6N4O7. The molecule has 0 fully saturated rings. The van der Waals surface area contributed by atoms with Gasteiger partial charge in [-0.15, -0.1) is 23.4 Å². The van der Waals surface area contributed by atoms with Gasteiger partial charge in [0.15, 0.2) is 5.69 Å². The number of rotatable bonds is 13. The predicted octanol–water partition coefficient (Wildman–Crippen LogP) is 10.1. The molecule has 0 aliphatic heterocycles. The number of imide groups is 1. The van der Waals surface area contributed by atoms with Crippen molar-refractivity contribution < 1.29 is 59.3 Å². The highest BCUT2D eigenvalue weighted by Crippen LogP contribution is 2.48. The summed E-state index contributed by atoms with van der Waals surface area (Å²) < 4.78 is 117. The molecule has 0 saturated heterocycles. The SMILES string of the molecule is C=CCC[C@@](OCc1ccccc1)(c1nnc(-c2nc(O[C@H](C)CC=C)c(C(F)(F)F)cc2N(C(=O)OC(C)(C)C)C(=O)OC(C)(C)C)o1)C(F)(F)F. The Morgan fingerprint density at radius 3 is 1.98 bits per heavy atom. The van der Waals surface area contributed by atoms with E-state index in [0.29, 0.717) is 11.6 Å². The molecule has 0 bridgehead atoms. The van der Waals surface area contributed by atoms with Crippen LogP contribution in [0, 0.1) is 0 Å². The molecule has 0 unspecified atom stereocenters. The van der Waals surface area contributed by atoms with Crippen molar-refractivity contribution in [2.24, 2.45) is 0 Å². The van der Waals surface area contributed by atoms with Gasteiger partial charge in [-0.25, -0.2) is 14.6 Å². The van der Waals surface area contributed by atoms with Gasteiger partial charge in [0.1, 0.15) is 22.9 Å². The topological polar surface area (TPSA) is 126 Å². The molecule has 290 valence electrons. The lowest BCUT2D eigenvalue weighted by molar-refractivity contribution is -0.299. The fourth-order valence-corrected chi connectivity index (χ4v) is 4.62. The third-order valence-corrected chi connectivity index (χ3v) is 6.94. The first-order chi connectivity index (χ1) is 24.4. The summed E-state index contributed by atoms with van der Waals surface area (Å²) in [7, 11) is 0. The van der Waals surface area contributed by atoms with E-state index in [0.717, 1.165) is 0 Å². The number of carbonyl (C=O) groups is 2. The van der Waals surface area contributed by atoms with Crippen molar-refractivity contribution in [3.63, 3.8) is 0 Å². The number of benzene rings is 1. The molecule has 2 aromatic heterocycles. The zero-order valence-corrected chi connectivity index (χ0v) is 30.4. The smallest absolute Gasteiger partial charge is 0.426 e. The van der Waals surface area contributed by atoms with Crippen LogP contribution >= 0.6 is 0 Å². The molecule has 1 aromatic carbocycles. The Kier molecular flexibility index (Phi) is 13.1. The monoisotopic (exact) mass is 756 g/mol. The van der Waals surface area contributed by atoms with Gasteiger partial charge in [-0.2, -0.15) is 31.2 Å². The van der Waals surface area contributed by atoms with Gasteiger partial charge in [-0.3, -0.25) is 0 Å². The average molecular weight is 757 g/mol. The van der Waals surface area contributed by atoms with E-state index >= 15 is 13.2 Å². The fourth-order valence-electron chi connectivity index (χ4n) is 4.62. The van der Waals surface area contributed by atoms with Gasteiger partial charge in [0.2, 0.25) is 11.5 Å². The zero-order chi connectivity index (χ0) is 40.0. The second-order valence-electron chi connectivity index (χ2n) is 13.8. The second kappa shape index (κ2) is 16.4. The first-order valence-corrected chi connectivity index (χ1v) is 16.3. The molecule has 11 nitrogen and oxygen atoms in total. The number of allylic oxidation sites excluding steroid dienone is 1. The van der Waals surface area contributed by atoms with E-state index in [-0.39, 0.29) is 17.7 Å². The van der Waals surface area contributed by atoms with Gasteiger partial charge < -0.3 is 23.4 Å². The minimum atomic E-state index is -5.21. The third kappa shape index (κ3) is 11.0. The van der Waals surface area contributed by atoms with Crippen molar-refractivity contribution in [2.45, 2.75) is 110 Å². The summed E-state index contributed by atoms with van der Waals surface area (Å²) in [4.78, 5) is 31.3. The molecule has 3 aromatic rings. The molecule has 2 atom stereocenters. The lowest BCUT2D eigenvalue weighted by Gasteiger charge is -2.32. The number of ether oxygens (including phenoxy) is 4. The van der Waals surface area contributed by atoms with Gasteiger partial charge in [0, 0.05) is 6.42 Å². The van der Waals surface area contributed by atoms with Gasteiger partial charge in [-0.05, 0) is 72.9 Å². The lowest BCUT2D eigenvalue weighted by atomic mass is 9.96. The molecule has 0 saturated carbocycles. The predicted molar refractivity (Wildman–Crippen MR) is 181 cm³/mol. The highest BCUT2D eigenvalue weighted by molar-refractivity contribution is 6.11. The van der Waals surface area contributed by atoms with Crippen molar-refractivity contribution >= 4 is 17.9 Å².